The molecule has 1 aliphatic heterocycles. The number of hydrogen-bond acceptors (Lipinski definition) is 1. The quantitative estimate of drug-likeness (QED) is 0.682. The van der Waals surface area contributed by atoms with Crippen LogP contribution in [-0.4, -0.2) is 17.4 Å². The summed E-state index contributed by atoms with van der Waals surface area (Å²) < 4.78 is 0. The molecule has 1 atom stereocenters. The predicted molar refractivity (Wildman–Crippen MR) is 58.5 cm³/mol. The van der Waals surface area contributed by atoms with Crippen molar-refractivity contribution in [3.63, 3.8) is 0 Å². The fourth-order valence-electron chi connectivity index (χ4n) is 2.86. The number of nitrogens with zero attached hydrogens (tertiary/aromatic N) is 1. The molecule has 1 unspecified atom stereocenters. The zero-order valence-electron chi connectivity index (χ0n) is 8.78. The Hall–Kier alpha value is -1.31. The summed E-state index contributed by atoms with van der Waals surface area (Å²) in [6.07, 6.45) is 4.03. The third-order valence-corrected chi connectivity index (χ3v) is 3.59. The van der Waals surface area contributed by atoms with Crippen molar-refractivity contribution in [2.24, 2.45) is 0 Å². The van der Waals surface area contributed by atoms with Gasteiger partial charge in [0.15, 0.2) is 0 Å². The highest BCUT2D eigenvalue weighted by Gasteiger charge is 2.32. The zero-order chi connectivity index (χ0) is 10.3. The van der Waals surface area contributed by atoms with E-state index >= 15 is 0 Å². The van der Waals surface area contributed by atoms with Crippen LogP contribution in [0.4, 0.5) is 0 Å². The first-order chi connectivity index (χ1) is 7.36. The van der Waals surface area contributed by atoms with Gasteiger partial charge >= 0.3 is 0 Å². The number of carbonyl (C=O) groups is 1. The van der Waals surface area contributed by atoms with Crippen molar-refractivity contribution >= 4 is 5.91 Å². The van der Waals surface area contributed by atoms with Crippen LogP contribution in [0.25, 0.3) is 0 Å². The van der Waals surface area contributed by atoms with Gasteiger partial charge in [0.05, 0.1) is 6.04 Å². The molecule has 1 heterocycles. The normalized spacial score (nSPS) is 24.7. The van der Waals surface area contributed by atoms with Crippen LogP contribution in [0, 0.1) is 0 Å². The monoisotopic (exact) mass is 201 g/mol. The second-order valence-corrected chi connectivity index (χ2v) is 4.44. The molecule has 15 heavy (non-hydrogen) atoms. The standard InChI is InChI=1S/C13H15NO/c15-13-6-3-9-14(13)12-8-7-10-4-1-2-5-11(10)12/h1-2,4-5,12H,3,6-9H2. The Bertz CT molecular complexity index is 399. The van der Waals surface area contributed by atoms with Gasteiger partial charge in [-0.2, -0.15) is 0 Å². The second-order valence-electron chi connectivity index (χ2n) is 4.44. The fourth-order valence-corrected chi connectivity index (χ4v) is 2.86. The van der Waals surface area contributed by atoms with Crippen molar-refractivity contribution in [3.8, 4) is 0 Å². The van der Waals surface area contributed by atoms with Gasteiger partial charge in [-0.25, -0.2) is 0 Å². The van der Waals surface area contributed by atoms with Crippen molar-refractivity contribution < 1.29 is 4.79 Å². The number of rotatable bonds is 1. The molecule has 0 bridgehead atoms. The van der Waals surface area contributed by atoms with Crippen LogP contribution in [-0.2, 0) is 11.2 Å². The van der Waals surface area contributed by atoms with Gasteiger partial charge in [-0.3, -0.25) is 4.79 Å². The summed E-state index contributed by atoms with van der Waals surface area (Å²) in [5.41, 5.74) is 2.81. The van der Waals surface area contributed by atoms with E-state index in [0.717, 1.165) is 32.2 Å². The summed E-state index contributed by atoms with van der Waals surface area (Å²) in [6.45, 7) is 0.956. The molecule has 1 saturated heterocycles. The molecule has 2 nitrogen and oxygen atoms in total. The summed E-state index contributed by atoms with van der Waals surface area (Å²) in [6, 6.07) is 8.91. The van der Waals surface area contributed by atoms with Gasteiger partial charge in [0.1, 0.15) is 0 Å². The summed E-state index contributed by atoms with van der Waals surface area (Å²) in [5, 5.41) is 0. The average Bonchev–Trinajstić information content (AvgIpc) is 2.83. The highest BCUT2D eigenvalue weighted by atomic mass is 16.2. The predicted octanol–water partition coefficient (Wildman–Crippen LogP) is 2.30. The van der Waals surface area contributed by atoms with Crippen LogP contribution in [0.15, 0.2) is 24.3 Å². The third-order valence-electron chi connectivity index (χ3n) is 3.59. The topological polar surface area (TPSA) is 20.3 Å². The van der Waals surface area contributed by atoms with Crippen molar-refractivity contribution in [1.82, 2.24) is 4.90 Å². The molecule has 1 aromatic carbocycles. The minimum absolute atomic E-state index is 0.344. The van der Waals surface area contributed by atoms with Gasteiger partial charge in [0, 0.05) is 13.0 Å². The van der Waals surface area contributed by atoms with Gasteiger partial charge in [-0.15, -0.1) is 0 Å². The molecule has 1 fully saturated rings. The van der Waals surface area contributed by atoms with Crippen molar-refractivity contribution in [1.29, 1.82) is 0 Å². The van der Waals surface area contributed by atoms with E-state index in [1.807, 2.05) is 0 Å². The van der Waals surface area contributed by atoms with Crippen molar-refractivity contribution in [2.75, 3.05) is 6.54 Å². The SMILES string of the molecule is O=C1CCCN1C1CCc2ccccc21. The first-order valence-electron chi connectivity index (χ1n) is 5.73. The first-order valence-corrected chi connectivity index (χ1v) is 5.73. The molecule has 2 heteroatoms. The molecule has 0 saturated carbocycles. The van der Waals surface area contributed by atoms with Crippen LogP contribution < -0.4 is 0 Å². The van der Waals surface area contributed by atoms with E-state index in [4.69, 9.17) is 0 Å². The van der Waals surface area contributed by atoms with E-state index in [-0.39, 0.29) is 0 Å². The summed E-state index contributed by atoms with van der Waals surface area (Å²) in [5.74, 6) is 0.344. The fraction of sp³-hybridized carbons (Fsp3) is 0.462. The van der Waals surface area contributed by atoms with Gasteiger partial charge in [-0.1, -0.05) is 24.3 Å². The van der Waals surface area contributed by atoms with Crippen molar-refractivity contribution in [3.05, 3.63) is 35.4 Å². The maximum atomic E-state index is 11.7. The van der Waals surface area contributed by atoms with Crippen LogP contribution in [0.2, 0.25) is 0 Å². The lowest BCUT2D eigenvalue weighted by Gasteiger charge is -2.24. The Morgan fingerprint density at radius 2 is 2.07 bits per heavy atom. The lowest BCUT2D eigenvalue weighted by Crippen LogP contribution is -2.28. The van der Waals surface area contributed by atoms with Gasteiger partial charge in [0.2, 0.25) is 5.91 Å². The van der Waals surface area contributed by atoms with E-state index in [9.17, 15) is 4.79 Å². The molecular weight excluding hydrogens is 186 g/mol. The van der Waals surface area contributed by atoms with Crippen LogP contribution >= 0.6 is 0 Å². The molecular formula is C13H15NO. The number of fused-ring (bicyclic) bond motifs is 1. The van der Waals surface area contributed by atoms with Crippen LogP contribution in [0.5, 0.6) is 0 Å². The zero-order valence-corrected chi connectivity index (χ0v) is 8.78. The van der Waals surface area contributed by atoms with E-state index in [1.165, 1.54) is 11.1 Å². The highest BCUT2D eigenvalue weighted by Crippen LogP contribution is 2.37. The number of amides is 1. The molecule has 0 aromatic heterocycles. The lowest BCUT2D eigenvalue weighted by molar-refractivity contribution is -0.129. The molecule has 2 aliphatic rings. The number of hydrogen-bond donors (Lipinski definition) is 0. The molecule has 0 radical (unpaired) electrons. The summed E-state index contributed by atoms with van der Waals surface area (Å²) in [4.78, 5) is 13.8. The Kier molecular flexibility index (Phi) is 2.01. The maximum absolute atomic E-state index is 11.7. The number of carbonyl (C=O) groups excluding carboxylic acids is 1. The summed E-state index contributed by atoms with van der Waals surface area (Å²) in [7, 11) is 0. The maximum Gasteiger partial charge on any atom is 0.223 e. The van der Waals surface area contributed by atoms with E-state index in [0.29, 0.717) is 11.9 Å². The average molecular weight is 201 g/mol. The minimum Gasteiger partial charge on any atom is -0.336 e. The summed E-state index contributed by atoms with van der Waals surface area (Å²) >= 11 is 0. The smallest absolute Gasteiger partial charge is 0.223 e. The molecule has 0 spiro atoms. The van der Waals surface area contributed by atoms with Gasteiger partial charge < -0.3 is 4.90 Å². The number of benzene rings is 1. The van der Waals surface area contributed by atoms with Gasteiger partial charge in [-0.05, 0) is 30.4 Å². The van der Waals surface area contributed by atoms with E-state index in [1.54, 1.807) is 0 Å². The van der Waals surface area contributed by atoms with E-state index in [2.05, 4.69) is 29.2 Å². The second kappa shape index (κ2) is 3.37. The van der Waals surface area contributed by atoms with Crippen molar-refractivity contribution in [2.45, 2.75) is 31.7 Å². The Balaban J connectivity index is 1.93. The molecule has 1 aromatic rings. The first kappa shape index (κ1) is 8.96. The minimum atomic E-state index is 0.344. The molecule has 1 aliphatic carbocycles. The molecule has 3 rings (SSSR count). The van der Waals surface area contributed by atoms with E-state index < -0.39 is 0 Å². The number of aryl methyl sites for hydroxylation is 1. The lowest BCUT2D eigenvalue weighted by atomic mass is 10.1. The molecule has 1 amide bonds. The molecule has 78 valence electrons. The Morgan fingerprint density at radius 3 is 2.87 bits per heavy atom. The largest absolute Gasteiger partial charge is 0.336 e. The van der Waals surface area contributed by atoms with Crippen LogP contribution in [0.1, 0.15) is 36.4 Å². The van der Waals surface area contributed by atoms with Crippen LogP contribution in [0.3, 0.4) is 0 Å². The third kappa shape index (κ3) is 1.36. The number of likely N-dealkylation sites (tertiary alicyclic amines) is 1. The Morgan fingerprint density at radius 1 is 1.20 bits per heavy atom. The van der Waals surface area contributed by atoms with Gasteiger partial charge in [0.25, 0.3) is 0 Å². The highest BCUT2D eigenvalue weighted by molar-refractivity contribution is 5.78. The Labute approximate surface area is 89.9 Å². The molecule has 0 N–H and O–H groups in total.